The summed E-state index contributed by atoms with van der Waals surface area (Å²) >= 11 is 8.20. The number of hydrogen-bond acceptors (Lipinski definition) is 6. The molecule has 0 bridgehead atoms. The smallest absolute Gasteiger partial charge is 0.408 e. The summed E-state index contributed by atoms with van der Waals surface area (Å²) in [4.78, 5) is 38.1. The van der Waals surface area contributed by atoms with Crippen LogP contribution in [0.1, 0.15) is 26.3 Å². The molecule has 172 valence electrons. The van der Waals surface area contributed by atoms with Crippen LogP contribution in [0.3, 0.4) is 0 Å². The van der Waals surface area contributed by atoms with Gasteiger partial charge < -0.3 is 19.9 Å². The van der Waals surface area contributed by atoms with E-state index in [4.69, 9.17) is 16.3 Å². The van der Waals surface area contributed by atoms with Crippen molar-refractivity contribution in [2.45, 2.75) is 38.8 Å². The highest BCUT2D eigenvalue weighted by Crippen LogP contribution is 2.20. The topological polar surface area (TPSA) is 87.7 Å². The lowest BCUT2D eigenvalue weighted by atomic mass is 10.0. The third kappa shape index (κ3) is 6.93. The summed E-state index contributed by atoms with van der Waals surface area (Å²) in [6.07, 6.45) is 3.04. The molecule has 32 heavy (non-hydrogen) atoms. The monoisotopic (exact) mass is 571 g/mol. The van der Waals surface area contributed by atoms with Gasteiger partial charge in [-0.25, -0.2) is 14.8 Å². The van der Waals surface area contributed by atoms with Crippen LogP contribution in [-0.2, 0) is 16.0 Å². The normalized spacial score (nSPS) is 15.3. The molecular formula is C22H27ClIN5O3. The minimum absolute atomic E-state index is 0.136. The maximum atomic E-state index is 13.4. The van der Waals surface area contributed by atoms with Crippen LogP contribution in [0, 0.1) is 3.57 Å². The summed E-state index contributed by atoms with van der Waals surface area (Å²) in [6.45, 7) is 7.73. The molecule has 1 atom stereocenters. The third-order valence-corrected chi connectivity index (χ3v) is 5.89. The number of carbonyl (C=O) groups excluding carboxylic acids is 2. The van der Waals surface area contributed by atoms with Crippen LogP contribution in [0.5, 0.6) is 0 Å². The lowest BCUT2D eigenvalue weighted by Gasteiger charge is -2.37. The van der Waals surface area contributed by atoms with E-state index in [9.17, 15) is 9.59 Å². The molecule has 1 fully saturated rings. The van der Waals surface area contributed by atoms with Crippen molar-refractivity contribution < 1.29 is 14.3 Å². The second-order valence-electron chi connectivity index (χ2n) is 8.54. The van der Waals surface area contributed by atoms with Gasteiger partial charge in [0, 0.05) is 43.8 Å². The molecule has 1 aromatic heterocycles. The Hall–Kier alpha value is -2.14. The zero-order valence-corrected chi connectivity index (χ0v) is 21.3. The van der Waals surface area contributed by atoms with Crippen LogP contribution >= 0.6 is 34.2 Å². The minimum Gasteiger partial charge on any atom is -0.444 e. The predicted molar refractivity (Wildman–Crippen MR) is 132 cm³/mol. The molecule has 3 rings (SSSR count). The van der Waals surface area contributed by atoms with Crippen molar-refractivity contribution in [2.75, 3.05) is 31.1 Å². The van der Waals surface area contributed by atoms with Gasteiger partial charge >= 0.3 is 6.09 Å². The molecule has 1 aromatic carbocycles. The Kier molecular flexibility index (Phi) is 8.16. The van der Waals surface area contributed by atoms with Gasteiger partial charge in [-0.3, -0.25) is 4.79 Å². The van der Waals surface area contributed by atoms with Gasteiger partial charge in [0.15, 0.2) is 0 Å². The van der Waals surface area contributed by atoms with E-state index < -0.39 is 17.7 Å². The van der Waals surface area contributed by atoms with Crippen LogP contribution in [-0.4, -0.2) is 64.7 Å². The van der Waals surface area contributed by atoms with E-state index in [0.29, 0.717) is 37.6 Å². The number of piperazine rings is 1. The molecule has 0 aliphatic carbocycles. The Balaban J connectivity index is 1.69. The summed E-state index contributed by atoms with van der Waals surface area (Å²) in [5.41, 5.74) is 0.246. The van der Waals surface area contributed by atoms with Crippen LogP contribution in [0.2, 0.25) is 5.02 Å². The van der Waals surface area contributed by atoms with Crippen LogP contribution in [0.25, 0.3) is 0 Å². The predicted octanol–water partition coefficient (Wildman–Crippen LogP) is 3.52. The number of hydrogen-bond donors (Lipinski definition) is 1. The number of rotatable bonds is 5. The number of aromatic nitrogens is 2. The van der Waals surface area contributed by atoms with Crippen molar-refractivity contribution in [1.82, 2.24) is 20.2 Å². The molecule has 2 heterocycles. The summed E-state index contributed by atoms with van der Waals surface area (Å²) in [5, 5.41) is 3.38. The van der Waals surface area contributed by atoms with Gasteiger partial charge in [-0.1, -0.05) is 23.7 Å². The second-order valence-corrected chi connectivity index (χ2v) is 10.1. The minimum atomic E-state index is -0.739. The largest absolute Gasteiger partial charge is 0.444 e. The third-order valence-electron chi connectivity index (χ3n) is 4.88. The van der Waals surface area contributed by atoms with E-state index >= 15 is 0 Å². The first kappa shape index (κ1) is 24.5. The lowest BCUT2D eigenvalue weighted by molar-refractivity contribution is -0.133. The Morgan fingerprint density at radius 1 is 1.19 bits per heavy atom. The van der Waals surface area contributed by atoms with Gasteiger partial charge in [-0.05, 0) is 61.1 Å². The number of anilines is 1. The van der Waals surface area contributed by atoms with Crippen LogP contribution in [0.15, 0.2) is 36.8 Å². The molecular weight excluding hydrogens is 545 g/mol. The molecule has 8 nitrogen and oxygen atoms in total. The Bertz CT molecular complexity index is 943. The molecule has 0 radical (unpaired) electrons. The highest BCUT2D eigenvalue weighted by atomic mass is 127. The fourth-order valence-corrected chi connectivity index (χ4v) is 4.17. The van der Waals surface area contributed by atoms with E-state index in [2.05, 4.69) is 42.8 Å². The molecule has 10 heteroatoms. The van der Waals surface area contributed by atoms with Crippen molar-refractivity contribution in [2.24, 2.45) is 0 Å². The van der Waals surface area contributed by atoms with Gasteiger partial charge in [0.1, 0.15) is 23.8 Å². The van der Waals surface area contributed by atoms with E-state index in [1.165, 1.54) is 6.33 Å². The molecule has 0 spiro atoms. The van der Waals surface area contributed by atoms with Gasteiger partial charge in [0.05, 0.1) is 3.57 Å². The van der Waals surface area contributed by atoms with Crippen molar-refractivity contribution in [1.29, 1.82) is 0 Å². The quantitative estimate of drug-likeness (QED) is 0.553. The summed E-state index contributed by atoms with van der Waals surface area (Å²) in [5.74, 6) is 0.736. The summed E-state index contributed by atoms with van der Waals surface area (Å²) in [6, 6.07) is 6.52. The van der Waals surface area contributed by atoms with Gasteiger partial charge in [-0.15, -0.1) is 0 Å². The molecule has 1 aliphatic heterocycles. The van der Waals surface area contributed by atoms with E-state index in [0.717, 1.165) is 15.0 Å². The number of ether oxygens (including phenoxy) is 1. The number of nitrogens with one attached hydrogen (secondary N) is 1. The number of nitrogens with zero attached hydrogens (tertiary/aromatic N) is 4. The molecule has 2 amide bonds. The van der Waals surface area contributed by atoms with Crippen molar-refractivity contribution in [3.8, 4) is 0 Å². The summed E-state index contributed by atoms with van der Waals surface area (Å²) in [7, 11) is 0. The number of amides is 2. The molecule has 0 saturated carbocycles. The lowest BCUT2D eigenvalue weighted by Crippen LogP contribution is -2.56. The van der Waals surface area contributed by atoms with Gasteiger partial charge in [0.25, 0.3) is 0 Å². The molecule has 2 aromatic rings. The Morgan fingerprint density at radius 3 is 2.44 bits per heavy atom. The molecule has 0 unspecified atom stereocenters. The maximum absolute atomic E-state index is 13.4. The average molecular weight is 572 g/mol. The van der Waals surface area contributed by atoms with Gasteiger partial charge in [0.2, 0.25) is 5.91 Å². The number of alkyl carbamates (subject to hydrolysis) is 1. The van der Waals surface area contributed by atoms with Crippen LogP contribution in [0.4, 0.5) is 10.6 Å². The summed E-state index contributed by atoms with van der Waals surface area (Å²) < 4.78 is 6.35. The fourth-order valence-electron chi connectivity index (χ4n) is 3.40. The fraction of sp³-hybridized carbons (Fsp3) is 0.455. The first-order chi connectivity index (χ1) is 15.1. The van der Waals surface area contributed by atoms with Crippen LogP contribution < -0.4 is 10.2 Å². The molecule has 1 saturated heterocycles. The first-order valence-corrected chi connectivity index (χ1v) is 11.8. The van der Waals surface area contributed by atoms with E-state index in [1.807, 2.05) is 12.1 Å². The second kappa shape index (κ2) is 10.7. The van der Waals surface area contributed by atoms with Crippen molar-refractivity contribution >= 4 is 52.0 Å². The molecule has 1 N–H and O–H groups in total. The molecule has 1 aliphatic rings. The highest BCUT2D eigenvalue weighted by molar-refractivity contribution is 14.1. The highest BCUT2D eigenvalue weighted by Gasteiger charge is 2.31. The zero-order chi connectivity index (χ0) is 23.3. The van der Waals surface area contributed by atoms with Crippen molar-refractivity contribution in [3.05, 3.63) is 50.9 Å². The zero-order valence-electron chi connectivity index (χ0n) is 18.3. The number of halogens is 2. The number of carbonyl (C=O) groups is 2. The Morgan fingerprint density at radius 2 is 1.84 bits per heavy atom. The average Bonchev–Trinajstić information content (AvgIpc) is 2.73. The van der Waals surface area contributed by atoms with Crippen molar-refractivity contribution in [3.63, 3.8) is 0 Å². The first-order valence-electron chi connectivity index (χ1n) is 10.4. The number of benzene rings is 1. The maximum Gasteiger partial charge on any atom is 0.408 e. The SMILES string of the molecule is CC(C)(C)OC(=O)N[C@H](Cc1ccc(Cl)cc1)C(=O)N1CCN(c2ncncc2I)CC1. The Labute approximate surface area is 206 Å². The standard InChI is InChI=1S/C22H27ClIN5O3/c1-22(2,3)32-21(31)27-18(12-15-4-6-16(23)7-5-15)20(30)29-10-8-28(9-11-29)19-17(24)13-25-14-26-19/h4-7,13-14,18H,8-12H2,1-3H3,(H,27,31)/t18-/m1/s1. The van der Waals surface area contributed by atoms with E-state index in [-0.39, 0.29) is 5.91 Å². The van der Waals surface area contributed by atoms with Gasteiger partial charge in [-0.2, -0.15) is 0 Å². The van der Waals surface area contributed by atoms with E-state index in [1.54, 1.807) is 44.0 Å².